The van der Waals surface area contributed by atoms with Crippen LogP contribution in [0, 0.1) is 0 Å². The maximum absolute atomic E-state index is 11.2. The van der Waals surface area contributed by atoms with Gasteiger partial charge in [-0.15, -0.1) is 11.3 Å². The Kier molecular flexibility index (Phi) is 5.14. The molecule has 2 rings (SSSR count). The molecule has 2 aromatic rings. The molecule has 0 aliphatic rings. The third-order valence-corrected chi connectivity index (χ3v) is 4.19. The molecular weight excluding hydrogens is 342 g/mol. The molecule has 6 heteroatoms. The van der Waals surface area contributed by atoms with Gasteiger partial charge in [-0.3, -0.25) is 4.98 Å². The summed E-state index contributed by atoms with van der Waals surface area (Å²) in [6.45, 7) is 2.36. The average Bonchev–Trinajstić information content (AvgIpc) is 2.80. The van der Waals surface area contributed by atoms with E-state index in [-0.39, 0.29) is 4.88 Å². The minimum absolute atomic E-state index is 0.261. The fraction of sp³-hybridized carbons (Fsp3) is 0.286. The van der Waals surface area contributed by atoms with E-state index in [0.29, 0.717) is 12.4 Å². The molecule has 0 spiro atoms. The molecule has 0 fully saturated rings. The standard InChI is InChI=1S/C14H14BrNO3S/c1-2-3-11-5-12(13(20-11)14(17)18)19-8-9-4-10(15)7-16-6-9/h4-7H,2-3,8H2,1H3,(H,17,18). The minimum atomic E-state index is -0.945. The summed E-state index contributed by atoms with van der Waals surface area (Å²) in [5.41, 5.74) is 0.888. The summed E-state index contributed by atoms with van der Waals surface area (Å²) in [4.78, 5) is 16.6. The van der Waals surface area contributed by atoms with Crippen LogP contribution in [0.15, 0.2) is 29.0 Å². The SMILES string of the molecule is CCCc1cc(OCc2cncc(Br)c2)c(C(=O)O)s1. The van der Waals surface area contributed by atoms with Gasteiger partial charge >= 0.3 is 5.97 Å². The van der Waals surface area contributed by atoms with Crippen LogP contribution in [0.1, 0.15) is 33.5 Å². The lowest BCUT2D eigenvalue weighted by Gasteiger charge is -2.05. The molecule has 0 aliphatic carbocycles. The lowest BCUT2D eigenvalue weighted by atomic mass is 10.3. The van der Waals surface area contributed by atoms with Crippen molar-refractivity contribution in [2.24, 2.45) is 0 Å². The topological polar surface area (TPSA) is 59.4 Å². The second-order valence-electron chi connectivity index (χ2n) is 4.26. The normalized spacial score (nSPS) is 10.5. The number of ether oxygens (including phenoxy) is 1. The number of thiophene rings is 1. The number of hydrogen-bond acceptors (Lipinski definition) is 4. The summed E-state index contributed by atoms with van der Waals surface area (Å²) >= 11 is 4.62. The molecule has 0 unspecified atom stereocenters. The molecule has 106 valence electrons. The van der Waals surface area contributed by atoms with Crippen LogP contribution in [0.5, 0.6) is 5.75 Å². The fourth-order valence-electron chi connectivity index (χ4n) is 1.74. The van der Waals surface area contributed by atoms with E-state index in [1.165, 1.54) is 11.3 Å². The first-order valence-electron chi connectivity index (χ1n) is 6.18. The highest BCUT2D eigenvalue weighted by atomic mass is 79.9. The quantitative estimate of drug-likeness (QED) is 0.845. The molecule has 0 saturated heterocycles. The van der Waals surface area contributed by atoms with Crippen molar-refractivity contribution >= 4 is 33.2 Å². The van der Waals surface area contributed by atoms with Crippen LogP contribution >= 0.6 is 27.3 Å². The molecule has 1 N–H and O–H groups in total. The van der Waals surface area contributed by atoms with E-state index in [0.717, 1.165) is 27.8 Å². The Bertz CT molecular complexity index is 612. The zero-order chi connectivity index (χ0) is 14.5. The lowest BCUT2D eigenvalue weighted by molar-refractivity contribution is 0.0697. The van der Waals surface area contributed by atoms with Crippen molar-refractivity contribution in [3.05, 3.63) is 44.3 Å². The smallest absolute Gasteiger partial charge is 0.349 e. The number of halogens is 1. The highest BCUT2D eigenvalue weighted by Gasteiger charge is 2.16. The van der Waals surface area contributed by atoms with Crippen molar-refractivity contribution in [3.63, 3.8) is 0 Å². The number of carboxylic acid groups (broad SMARTS) is 1. The van der Waals surface area contributed by atoms with Gasteiger partial charge in [-0.05, 0) is 34.5 Å². The monoisotopic (exact) mass is 355 g/mol. The fourth-order valence-corrected chi connectivity index (χ4v) is 3.20. The summed E-state index contributed by atoms with van der Waals surface area (Å²) in [5, 5.41) is 9.20. The van der Waals surface area contributed by atoms with Gasteiger partial charge in [-0.1, -0.05) is 13.3 Å². The Labute approximate surface area is 129 Å². The van der Waals surface area contributed by atoms with Crippen molar-refractivity contribution < 1.29 is 14.6 Å². The van der Waals surface area contributed by atoms with Gasteiger partial charge < -0.3 is 9.84 Å². The highest BCUT2D eigenvalue weighted by Crippen LogP contribution is 2.31. The molecule has 0 atom stereocenters. The molecule has 0 amide bonds. The maximum atomic E-state index is 11.2. The number of carbonyl (C=O) groups is 1. The summed E-state index contributed by atoms with van der Waals surface area (Å²) in [6.07, 6.45) is 5.24. The molecule has 0 bridgehead atoms. The molecular formula is C14H14BrNO3S. The van der Waals surface area contributed by atoms with Gasteiger partial charge in [0.1, 0.15) is 12.4 Å². The van der Waals surface area contributed by atoms with Crippen molar-refractivity contribution in [3.8, 4) is 5.75 Å². The van der Waals surface area contributed by atoms with Crippen molar-refractivity contribution in [2.75, 3.05) is 0 Å². The van der Waals surface area contributed by atoms with Gasteiger partial charge in [0.2, 0.25) is 0 Å². The van der Waals surface area contributed by atoms with Crippen molar-refractivity contribution in [1.29, 1.82) is 0 Å². The second-order valence-corrected chi connectivity index (χ2v) is 6.31. The van der Waals surface area contributed by atoms with Crippen molar-refractivity contribution in [1.82, 2.24) is 4.98 Å². The predicted molar refractivity (Wildman–Crippen MR) is 81.5 cm³/mol. The van der Waals surface area contributed by atoms with Crippen LogP contribution in [0.2, 0.25) is 0 Å². The Hall–Kier alpha value is -1.40. The Morgan fingerprint density at radius 1 is 1.45 bits per heavy atom. The van der Waals surface area contributed by atoms with Crippen LogP contribution in [-0.2, 0) is 13.0 Å². The summed E-state index contributed by atoms with van der Waals surface area (Å²) in [5.74, 6) is -0.509. The molecule has 2 heterocycles. The molecule has 20 heavy (non-hydrogen) atoms. The lowest BCUT2D eigenvalue weighted by Crippen LogP contribution is -2.00. The predicted octanol–water partition coefficient (Wildman–Crippen LogP) is 4.14. The average molecular weight is 356 g/mol. The zero-order valence-electron chi connectivity index (χ0n) is 10.9. The van der Waals surface area contributed by atoms with Gasteiger partial charge in [0.15, 0.2) is 4.88 Å². The molecule has 0 radical (unpaired) electrons. The number of rotatable bonds is 6. The summed E-state index contributed by atoms with van der Waals surface area (Å²) in [6, 6.07) is 3.72. The summed E-state index contributed by atoms with van der Waals surface area (Å²) in [7, 11) is 0. The van der Waals surface area contributed by atoms with E-state index in [1.807, 2.05) is 12.1 Å². The van der Waals surface area contributed by atoms with Gasteiger partial charge in [-0.2, -0.15) is 0 Å². The Morgan fingerprint density at radius 2 is 2.25 bits per heavy atom. The van der Waals surface area contributed by atoms with E-state index in [2.05, 4.69) is 27.8 Å². The number of pyridine rings is 1. The first-order valence-corrected chi connectivity index (χ1v) is 7.79. The highest BCUT2D eigenvalue weighted by molar-refractivity contribution is 9.10. The van der Waals surface area contributed by atoms with Crippen LogP contribution in [0.4, 0.5) is 0 Å². The molecule has 4 nitrogen and oxygen atoms in total. The zero-order valence-corrected chi connectivity index (χ0v) is 13.3. The molecule has 2 aromatic heterocycles. The largest absolute Gasteiger partial charge is 0.487 e. The van der Waals surface area contributed by atoms with Crippen LogP contribution in [0.3, 0.4) is 0 Å². The van der Waals surface area contributed by atoms with Crippen LogP contribution < -0.4 is 4.74 Å². The van der Waals surface area contributed by atoms with E-state index in [4.69, 9.17) is 4.74 Å². The van der Waals surface area contributed by atoms with Gasteiger partial charge in [0, 0.05) is 27.3 Å². The van der Waals surface area contributed by atoms with Crippen LogP contribution in [-0.4, -0.2) is 16.1 Å². The number of aromatic carboxylic acids is 1. The Morgan fingerprint density at radius 3 is 2.90 bits per heavy atom. The van der Waals surface area contributed by atoms with E-state index >= 15 is 0 Å². The first kappa shape index (κ1) is 15.0. The summed E-state index contributed by atoms with van der Waals surface area (Å²) < 4.78 is 6.50. The maximum Gasteiger partial charge on any atom is 0.349 e. The van der Waals surface area contributed by atoms with Crippen molar-refractivity contribution in [2.45, 2.75) is 26.4 Å². The Balaban J connectivity index is 2.13. The minimum Gasteiger partial charge on any atom is -0.487 e. The van der Waals surface area contributed by atoms with E-state index in [9.17, 15) is 9.90 Å². The van der Waals surface area contributed by atoms with Gasteiger partial charge in [-0.25, -0.2) is 4.79 Å². The number of hydrogen-bond donors (Lipinski definition) is 1. The number of aryl methyl sites for hydroxylation is 1. The number of aromatic nitrogens is 1. The van der Waals surface area contributed by atoms with E-state index in [1.54, 1.807) is 12.4 Å². The molecule has 0 saturated carbocycles. The van der Waals surface area contributed by atoms with E-state index < -0.39 is 5.97 Å². The molecule has 0 aliphatic heterocycles. The second kappa shape index (κ2) is 6.85. The van der Waals surface area contributed by atoms with Gasteiger partial charge in [0.05, 0.1) is 0 Å². The third-order valence-electron chi connectivity index (χ3n) is 2.60. The van der Waals surface area contributed by atoms with Crippen LogP contribution in [0.25, 0.3) is 0 Å². The number of nitrogens with zero attached hydrogens (tertiary/aromatic N) is 1. The first-order chi connectivity index (χ1) is 9.60. The number of carboxylic acids is 1. The molecule has 0 aromatic carbocycles. The van der Waals surface area contributed by atoms with Gasteiger partial charge in [0.25, 0.3) is 0 Å². The third kappa shape index (κ3) is 3.80.